The molecule has 154 valence electrons. The number of aryl methyl sites for hydroxylation is 2. The number of benzene rings is 2. The van der Waals surface area contributed by atoms with E-state index in [4.69, 9.17) is 16.3 Å². The number of halogens is 1. The number of amides is 1. The van der Waals surface area contributed by atoms with Crippen molar-refractivity contribution in [3.63, 3.8) is 0 Å². The number of ether oxygens (including phenoxy) is 1. The summed E-state index contributed by atoms with van der Waals surface area (Å²) in [5.41, 5.74) is 4.02. The first-order valence-electron chi connectivity index (χ1n) is 9.51. The van der Waals surface area contributed by atoms with Crippen LogP contribution in [0.4, 0.5) is 5.00 Å². The number of thiophene rings is 1. The normalized spacial score (nSPS) is 10.9. The lowest BCUT2D eigenvalue weighted by molar-refractivity contribution is -0.111. The standard InChI is InChI=1S/C24H22ClNO3S/c1-4-29-24(28)22-21(18-10-12-19(25)13-11-18)16(3)30-23(22)26-20(27)14-9-17-7-5-15(2)6-8-17/h5-14H,4H2,1-3H3,(H,26,27). The summed E-state index contributed by atoms with van der Waals surface area (Å²) in [6, 6.07) is 15.1. The molecule has 0 saturated carbocycles. The van der Waals surface area contributed by atoms with E-state index in [1.54, 1.807) is 25.1 Å². The van der Waals surface area contributed by atoms with Crippen molar-refractivity contribution in [1.82, 2.24) is 0 Å². The molecule has 0 aliphatic heterocycles. The first-order valence-corrected chi connectivity index (χ1v) is 10.7. The Kier molecular flexibility index (Phi) is 7.08. The van der Waals surface area contributed by atoms with Gasteiger partial charge in [0.25, 0.3) is 0 Å². The fourth-order valence-electron chi connectivity index (χ4n) is 3.00. The highest BCUT2D eigenvalue weighted by Gasteiger charge is 2.25. The molecule has 3 rings (SSSR count). The van der Waals surface area contributed by atoms with E-state index in [0.717, 1.165) is 27.1 Å². The van der Waals surface area contributed by atoms with Crippen LogP contribution in [0.5, 0.6) is 0 Å². The topological polar surface area (TPSA) is 55.4 Å². The largest absolute Gasteiger partial charge is 0.462 e. The molecule has 0 aliphatic carbocycles. The summed E-state index contributed by atoms with van der Waals surface area (Å²) >= 11 is 7.35. The lowest BCUT2D eigenvalue weighted by Crippen LogP contribution is -2.12. The molecule has 0 aliphatic rings. The number of hydrogen-bond donors (Lipinski definition) is 1. The average Bonchev–Trinajstić information content (AvgIpc) is 3.04. The smallest absolute Gasteiger partial charge is 0.341 e. The molecule has 1 heterocycles. The predicted octanol–water partition coefficient (Wildman–Crippen LogP) is 6.51. The number of anilines is 1. The predicted molar refractivity (Wildman–Crippen MR) is 124 cm³/mol. The number of carbonyl (C=O) groups is 2. The molecular weight excluding hydrogens is 418 g/mol. The molecule has 30 heavy (non-hydrogen) atoms. The molecule has 1 amide bonds. The summed E-state index contributed by atoms with van der Waals surface area (Å²) < 4.78 is 5.26. The van der Waals surface area contributed by atoms with Gasteiger partial charge in [0, 0.05) is 21.5 Å². The summed E-state index contributed by atoms with van der Waals surface area (Å²) in [5.74, 6) is -0.783. The van der Waals surface area contributed by atoms with Crippen LogP contribution in [0.15, 0.2) is 54.6 Å². The first kappa shape index (κ1) is 21.8. The SMILES string of the molecule is CCOC(=O)c1c(NC(=O)C=Cc2ccc(C)cc2)sc(C)c1-c1ccc(Cl)cc1. The van der Waals surface area contributed by atoms with Gasteiger partial charge in [0.2, 0.25) is 5.91 Å². The number of carbonyl (C=O) groups excluding carboxylic acids is 2. The van der Waals surface area contributed by atoms with E-state index in [-0.39, 0.29) is 12.5 Å². The summed E-state index contributed by atoms with van der Waals surface area (Å²) in [7, 11) is 0. The third kappa shape index (κ3) is 5.17. The van der Waals surface area contributed by atoms with Gasteiger partial charge in [-0.25, -0.2) is 4.79 Å². The number of hydrogen-bond acceptors (Lipinski definition) is 4. The Balaban J connectivity index is 1.92. The maximum absolute atomic E-state index is 12.7. The third-order valence-corrected chi connectivity index (χ3v) is 5.71. The fourth-order valence-corrected chi connectivity index (χ4v) is 4.19. The summed E-state index contributed by atoms with van der Waals surface area (Å²) in [6.07, 6.45) is 3.19. The minimum atomic E-state index is -0.468. The molecule has 0 spiro atoms. The van der Waals surface area contributed by atoms with Gasteiger partial charge in [-0.15, -0.1) is 11.3 Å². The Labute approximate surface area is 185 Å². The maximum atomic E-state index is 12.7. The molecule has 0 radical (unpaired) electrons. The van der Waals surface area contributed by atoms with Crippen LogP contribution in [-0.4, -0.2) is 18.5 Å². The monoisotopic (exact) mass is 439 g/mol. The first-order chi connectivity index (χ1) is 14.4. The minimum absolute atomic E-state index is 0.245. The highest BCUT2D eigenvalue weighted by atomic mass is 35.5. The molecule has 2 aromatic carbocycles. The molecule has 0 bridgehead atoms. The lowest BCUT2D eigenvalue weighted by atomic mass is 10.0. The molecular formula is C24H22ClNO3S. The van der Waals surface area contributed by atoms with Gasteiger partial charge in [0.1, 0.15) is 10.6 Å². The Morgan fingerprint density at radius 3 is 2.37 bits per heavy atom. The second-order valence-corrected chi connectivity index (χ2v) is 8.36. The molecule has 0 atom stereocenters. The molecule has 4 nitrogen and oxygen atoms in total. The highest BCUT2D eigenvalue weighted by molar-refractivity contribution is 7.17. The minimum Gasteiger partial charge on any atom is -0.462 e. The maximum Gasteiger partial charge on any atom is 0.341 e. The van der Waals surface area contributed by atoms with Crippen molar-refractivity contribution in [3.8, 4) is 11.1 Å². The van der Waals surface area contributed by atoms with E-state index in [1.165, 1.54) is 17.4 Å². The lowest BCUT2D eigenvalue weighted by Gasteiger charge is -2.08. The average molecular weight is 440 g/mol. The molecule has 0 saturated heterocycles. The highest BCUT2D eigenvalue weighted by Crippen LogP contribution is 2.40. The Bertz CT molecular complexity index is 1080. The second-order valence-electron chi connectivity index (χ2n) is 6.70. The van der Waals surface area contributed by atoms with Crippen molar-refractivity contribution in [2.75, 3.05) is 11.9 Å². The summed E-state index contributed by atoms with van der Waals surface area (Å²) in [6.45, 7) is 5.92. The Morgan fingerprint density at radius 2 is 1.73 bits per heavy atom. The van der Waals surface area contributed by atoms with Crippen molar-refractivity contribution >= 4 is 45.9 Å². The van der Waals surface area contributed by atoms with Crippen LogP contribution in [0, 0.1) is 13.8 Å². The van der Waals surface area contributed by atoms with Crippen LogP contribution in [0.1, 0.15) is 33.3 Å². The van der Waals surface area contributed by atoms with Crippen molar-refractivity contribution < 1.29 is 14.3 Å². The van der Waals surface area contributed by atoms with E-state index in [1.807, 2.05) is 50.2 Å². The summed E-state index contributed by atoms with van der Waals surface area (Å²) in [5, 5.41) is 3.92. The molecule has 6 heteroatoms. The van der Waals surface area contributed by atoms with Gasteiger partial charge in [-0.2, -0.15) is 0 Å². The van der Waals surface area contributed by atoms with Crippen LogP contribution in [0.3, 0.4) is 0 Å². The quantitative estimate of drug-likeness (QED) is 0.351. The van der Waals surface area contributed by atoms with Gasteiger partial charge in [0.15, 0.2) is 0 Å². The van der Waals surface area contributed by atoms with Crippen molar-refractivity contribution in [1.29, 1.82) is 0 Å². The van der Waals surface area contributed by atoms with Crippen LogP contribution in [0.25, 0.3) is 17.2 Å². The number of nitrogens with one attached hydrogen (secondary N) is 1. The van der Waals surface area contributed by atoms with E-state index < -0.39 is 5.97 Å². The zero-order chi connectivity index (χ0) is 21.7. The van der Waals surface area contributed by atoms with E-state index >= 15 is 0 Å². The molecule has 1 N–H and O–H groups in total. The van der Waals surface area contributed by atoms with Crippen LogP contribution < -0.4 is 5.32 Å². The fraction of sp³-hybridized carbons (Fsp3) is 0.167. The Morgan fingerprint density at radius 1 is 1.07 bits per heavy atom. The number of esters is 1. The third-order valence-electron chi connectivity index (χ3n) is 4.44. The van der Waals surface area contributed by atoms with E-state index in [0.29, 0.717) is 15.6 Å². The van der Waals surface area contributed by atoms with Crippen LogP contribution >= 0.6 is 22.9 Å². The zero-order valence-corrected chi connectivity index (χ0v) is 18.6. The van der Waals surface area contributed by atoms with Crippen molar-refractivity contribution in [2.24, 2.45) is 0 Å². The van der Waals surface area contributed by atoms with Crippen LogP contribution in [-0.2, 0) is 9.53 Å². The Hall–Kier alpha value is -2.89. The van der Waals surface area contributed by atoms with Gasteiger partial charge in [0.05, 0.1) is 6.61 Å². The summed E-state index contributed by atoms with van der Waals surface area (Å²) in [4.78, 5) is 26.1. The zero-order valence-electron chi connectivity index (χ0n) is 17.0. The molecule has 0 unspecified atom stereocenters. The van der Waals surface area contributed by atoms with Gasteiger partial charge in [-0.1, -0.05) is 53.6 Å². The van der Waals surface area contributed by atoms with Crippen LogP contribution in [0.2, 0.25) is 5.02 Å². The van der Waals surface area contributed by atoms with Crippen molar-refractivity contribution in [3.05, 3.63) is 81.2 Å². The molecule has 0 fully saturated rings. The second kappa shape index (κ2) is 9.74. The van der Waals surface area contributed by atoms with Gasteiger partial charge in [-0.3, -0.25) is 4.79 Å². The van der Waals surface area contributed by atoms with Gasteiger partial charge < -0.3 is 10.1 Å². The van der Waals surface area contributed by atoms with Crippen molar-refractivity contribution in [2.45, 2.75) is 20.8 Å². The van der Waals surface area contributed by atoms with E-state index in [9.17, 15) is 9.59 Å². The van der Waals surface area contributed by atoms with Gasteiger partial charge >= 0.3 is 5.97 Å². The molecule has 3 aromatic rings. The van der Waals surface area contributed by atoms with E-state index in [2.05, 4.69) is 5.32 Å². The number of rotatable bonds is 6. The van der Waals surface area contributed by atoms with Gasteiger partial charge in [-0.05, 0) is 50.1 Å². The molecule has 1 aromatic heterocycles.